The van der Waals surface area contributed by atoms with E-state index in [1.165, 1.54) is 44.9 Å². The van der Waals surface area contributed by atoms with Crippen LogP contribution in [0.5, 0.6) is 0 Å². The Labute approximate surface area is 159 Å². The Morgan fingerprint density at radius 2 is 1.08 bits per heavy atom. The van der Waals surface area contributed by atoms with Crippen molar-refractivity contribution in [3.8, 4) is 0 Å². The predicted octanol–water partition coefficient (Wildman–Crippen LogP) is 7.92. The fraction of sp³-hybridized carbons (Fsp3) is 0.864. The van der Waals surface area contributed by atoms with Crippen LogP contribution in [0.25, 0.3) is 0 Å². The normalized spacial score (nSPS) is 12.3. The van der Waals surface area contributed by atoms with Crippen LogP contribution in [0.15, 0.2) is 11.4 Å². The van der Waals surface area contributed by atoms with Crippen LogP contribution >= 0.6 is 0 Å². The molecule has 0 bridgehead atoms. The van der Waals surface area contributed by atoms with E-state index in [0.29, 0.717) is 24.8 Å². The quantitative estimate of drug-likeness (QED) is 0.184. The first-order valence-electron chi connectivity index (χ1n) is 10.8. The molecule has 0 amide bonds. The van der Waals surface area contributed by atoms with Crippen molar-refractivity contribution >= 4 is 5.97 Å². The minimum Gasteiger partial charge on any atom is -0.476 e. The molecule has 0 aliphatic carbocycles. The van der Waals surface area contributed by atoms with Gasteiger partial charge in [-0.25, -0.2) is 4.79 Å². The van der Waals surface area contributed by atoms with Gasteiger partial charge in [-0.05, 0) is 37.7 Å². The molecule has 0 unspecified atom stereocenters. The van der Waals surface area contributed by atoms with Crippen LogP contribution in [-0.4, -0.2) is 17.8 Å². The Kier molecular flexibility index (Phi) is 18.2. The lowest BCUT2D eigenvalue weighted by Crippen LogP contribution is -2.01. The summed E-state index contributed by atoms with van der Waals surface area (Å²) >= 11 is 0. The number of rotatable bonds is 19. The summed E-state index contributed by atoms with van der Waals surface area (Å²) in [6.07, 6.45) is 17.3. The van der Waals surface area contributed by atoms with Crippen molar-refractivity contribution in [2.45, 2.75) is 116 Å². The summed E-state index contributed by atoms with van der Waals surface area (Å²) in [5.41, 5.74) is 0.461. The lowest BCUT2D eigenvalue weighted by Gasteiger charge is -2.08. The Morgan fingerprint density at radius 1 is 0.692 bits per heavy atom. The first-order valence-corrected chi connectivity index (χ1v) is 10.8. The molecular formula is C22H40F2O2. The van der Waals surface area contributed by atoms with Crippen molar-refractivity contribution in [3.63, 3.8) is 0 Å². The summed E-state index contributed by atoms with van der Waals surface area (Å²) in [7, 11) is 0. The third-order valence-corrected chi connectivity index (χ3v) is 4.94. The molecule has 0 fully saturated rings. The molecule has 0 saturated carbocycles. The molecule has 0 aromatic heterocycles. The maximum absolute atomic E-state index is 13.8. The molecule has 0 atom stereocenters. The third-order valence-electron chi connectivity index (χ3n) is 4.94. The average Bonchev–Trinajstić information content (AvgIpc) is 2.63. The highest BCUT2D eigenvalue weighted by Crippen LogP contribution is 2.22. The average molecular weight is 375 g/mol. The van der Waals surface area contributed by atoms with Gasteiger partial charge in [0.05, 0.1) is 6.67 Å². The van der Waals surface area contributed by atoms with Gasteiger partial charge in [-0.15, -0.1) is 0 Å². The van der Waals surface area contributed by atoms with Crippen LogP contribution in [0.4, 0.5) is 8.78 Å². The standard InChI is InChI=1S/C22H40F2O2/c1-2-3-4-5-6-7-8-9-11-14-17-20(21(24)22(25)26)18-15-12-10-13-16-19-23/h2-19H2,1H3,(H,25,26). The molecule has 26 heavy (non-hydrogen) atoms. The zero-order valence-corrected chi connectivity index (χ0v) is 16.8. The van der Waals surface area contributed by atoms with Crippen molar-refractivity contribution in [2.24, 2.45) is 0 Å². The molecule has 0 heterocycles. The summed E-state index contributed by atoms with van der Waals surface area (Å²) in [5, 5.41) is 8.91. The number of carboxylic acid groups (broad SMARTS) is 1. The van der Waals surface area contributed by atoms with E-state index in [4.69, 9.17) is 5.11 Å². The van der Waals surface area contributed by atoms with E-state index in [-0.39, 0.29) is 6.67 Å². The van der Waals surface area contributed by atoms with Gasteiger partial charge in [0.25, 0.3) is 0 Å². The Bertz CT molecular complexity index is 367. The molecule has 0 rings (SSSR count). The molecular weight excluding hydrogens is 334 g/mol. The zero-order chi connectivity index (χ0) is 19.5. The van der Waals surface area contributed by atoms with Gasteiger partial charge in [0.15, 0.2) is 0 Å². The largest absolute Gasteiger partial charge is 0.476 e. The van der Waals surface area contributed by atoms with E-state index in [0.717, 1.165) is 44.9 Å². The van der Waals surface area contributed by atoms with Crippen LogP contribution in [0.2, 0.25) is 0 Å². The molecule has 1 N–H and O–H groups in total. The van der Waals surface area contributed by atoms with Gasteiger partial charge in [-0.1, -0.05) is 84.0 Å². The molecule has 0 aromatic carbocycles. The highest BCUT2D eigenvalue weighted by atomic mass is 19.1. The maximum atomic E-state index is 13.8. The second-order valence-corrected chi connectivity index (χ2v) is 7.36. The van der Waals surface area contributed by atoms with Crippen molar-refractivity contribution in [1.82, 2.24) is 0 Å². The van der Waals surface area contributed by atoms with Crippen LogP contribution in [-0.2, 0) is 4.79 Å². The molecule has 0 aliphatic rings. The van der Waals surface area contributed by atoms with Crippen LogP contribution < -0.4 is 0 Å². The molecule has 0 aliphatic heterocycles. The Hall–Kier alpha value is -0.930. The lowest BCUT2D eigenvalue weighted by molar-refractivity contribution is -0.134. The molecule has 0 spiro atoms. The van der Waals surface area contributed by atoms with Gasteiger partial charge < -0.3 is 5.11 Å². The fourth-order valence-corrected chi connectivity index (χ4v) is 3.28. The number of carboxylic acids is 1. The van der Waals surface area contributed by atoms with E-state index in [9.17, 15) is 13.6 Å². The smallest absolute Gasteiger partial charge is 0.364 e. The lowest BCUT2D eigenvalue weighted by atomic mass is 9.98. The van der Waals surface area contributed by atoms with Gasteiger partial charge in [-0.3, -0.25) is 4.39 Å². The van der Waals surface area contributed by atoms with Crippen LogP contribution in [0.1, 0.15) is 116 Å². The van der Waals surface area contributed by atoms with Gasteiger partial charge in [0.2, 0.25) is 5.83 Å². The number of halogens is 2. The summed E-state index contributed by atoms with van der Waals surface area (Å²) in [4.78, 5) is 10.9. The summed E-state index contributed by atoms with van der Waals surface area (Å²) in [5.74, 6) is -2.39. The Balaban J connectivity index is 3.86. The summed E-state index contributed by atoms with van der Waals surface area (Å²) < 4.78 is 25.9. The number of hydrogen-bond acceptors (Lipinski definition) is 1. The van der Waals surface area contributed by atoms with E-state index in [1.807, 2.05) is 0 Å². The number of aliphatic carboxylic acids is 1. The second kappa shape index (κ2) is 18.8. The SMILES string of the molecule is CCCCCCCCCCCCC(CCCCCCCF)=C(F)C(=O)O. The van der Waals surface area contributed by atoms with Crippen molar-refractivity contribution < 1.29 is 18.7 Å². The van der Waals surface area contributed by atoms with E-state index in [1.54, 1.807) is 0 Å². The van der Waals surface area contributed by atoms with Crippen molar-refractivity contribution in [2.75, 3.05) is 6.67 Å². The second-order valence-electron chi connectivity index (χ2n) is 7.36. The fourth-order valence-electron chi connectivity index (χ4n) is 3.28. The number of unbranched alkanes of at least 4 members (excludes halogenated alkanes) is 13. The van der Waals surface area contributed by atoms with E-state index < -0.39 is 11.8 Å². The molecule has 0 saturated heterocycles. The molecule has 154 valence electrons. The highest BCUT2D eigenvalue weighted by Gasteiger charge is 2.13. The van der Waals surface area contributed by atoms with Crippen LogP contribution in [0.3, 0.4) is 0 Å². The van der Waals surface area contributed by atoms with E-state index >= 15 is 0 Å². The van der Waals surface area contributed by atoms with Gasteiger partial charge in [-0.2, -0.15) is 4.39 Å². The number of alkyl halides is 1. The number of allylic oxidation sites excluding steroid dienone is 1. The molecule has 4 heteroatoms. The van der Waals surface area contributed by atoms with Gasteiger partial charge in [0, 0.05) is 0 Å². The predicted molar refractivity (Wildman–Crippen MR) is 106 cm³/mol. The molecule has 0 aromatic rings. The summed E-state index contributed by atoms with van der Waals surface area (Å²) in [6.45, 7) is 1.94. The summed E-state index contributed by atoms with van der Waals surface area (Å²) in [6, 6.07) is 0. The van der Waals surface area contributed by atoms with Gasteiger partial charge >= 0.3 is 5.97 Å². The van der Waals surface area contributed by atoms with Crippen molar-refractivity contribution in [1.29, 1.82) is 0 Å². The first-order chi connectivity index (χ1) is 12.6. The minimum absolute atomic E-state index is 0.280. The van der Waals surface area contributed by atoms with E-state index in [2.05, 4.69) is 6.92 Å². The molecule has 2 nitrogen and oxygen atoms in total. The third kappa shape index (κ3) is 15.3. The monoisotopic (exact) mass is 374 g/mol. The van der Waals surface area contributed by atoms with Gasteiger partial charge in [0.1, 0.15) is 0 Å². The van der Waals surface area contributed by atoms with Crippen molar-refractivity contribution in [3.05, 3.63) is 11.4 Å². The zero-order valence-electron chi connectivity index (χ0n) is 16.8. The Morgan fingerprint density at radius 3 is 1.46 bits per heavy atom. The molecule has 0 radical (unpaired) electrons. The number of carbonyl (C=O) groups is 1. The maximum Gasteiger partial charge on any atom is 0.364 e. The topological polar surface area (TPSA) is 37.3 Å². The number of hydrogen-bond donors (Lipinski definition) is 1. The first kappa shape index (κ1) is 25.1. The van der Waals surface area contributed by atoms with Crippen LogP contribution in [0, 0.1) is 0 Å². The highest BCUT2D eigenvalue weighted by molar-refractivity contribution is 5.84. The minimum atomic E-state index is -1.44.